The van der Waals surface area contributed by atoms with Crippen LogP contribution >= 0.6 is 0 Å². The molecule has 36 heavy (non-hydrogen) atoms. The van der Waals surface area contributed by atoms with Crippen molar-refractivity contribution in [3.8, 4) is 0 Å². The summed E-state index contributed by atoms with van der Waals surface area (Å²) in [5, 5.41) is 8.88. The second-order valence-corrected chi connectivity index (χ2v) is 10.4. The molecule has 0 saturated carbocycles. The lowest BCUT2D eigenvalue weighted by Crippen LogP contribution is -2.33. The maximum absolute atomic E-state index is 13.2. The number of halogens is 3. The summed E-state index contributed by atoms with van der Waals surface area (Å²) in [6.45, 7) is 11.9. The van der Waals surface area contributed by atoms with Gasteiger partial charge >= 0.3 is 12.3 Å². The topological polar surface area (TPSA) is 106 Å². The van der Waals surface area contributed by atoms with Gasteiger partial charge in [0.2, 0.25) is 11.9 Å². The highest BCUT2D eigenvalue weighted by molar-refractivity contribution is 5.76. The molecule has 0 atom stereocenters. The molecule has 0 unspecified atom stereocenters. The zero-order chi connectivity index (χ0) is 26.7. The molecule has 196 valence electrons. The second kappa shape index (κ2) is 10.2. The number of hydrogen-bond donors (Lipinski definition) is 3. The Bertz CT molecular complexity index is 1210. The molecule has 1 aromatic carbocycles. The van der Waals surface area contributed by atoms with Crippen molar-refractivity contribution in [2.45, 2.75) is 71.8 Å². The predicted molar refractivity (Wildman–Crippen MR) is 132 cm³/mol. The lowest BCUT2D eigenvalue weighted by molar-refractivity contribution is -0.137. The number of imidazole rings is 1. The van der Waals surface area contributed by atoms with Crippen LogP contribution in [0.2, 0.25) is 0 Å². The number of rotatable bonds is 7. The summed E-state index contributed by atoms with van der Waals surface area (Å²) in [7, 11) is 0. The fourth-order valence-electron chi connectivity index (χ4n) is 3.27. The number of alkyl halides is 3. The van der Waals surface area contributed by atoms with Crippen LogP contribution in [0.4, 0.5) is 35.5 Å². The molecule has 3 aromatic rings. The third-order valence-corrected chi connectivity index (χ3v) is 4.65. The van der Waals surface area contributed by atoms with E-state index in [0.29, 0.717) is 42.6 Å². The standard InChI is InChI=1S/C24H32F3N7O2/c1-22(2,3)33-19-29-14-17-18(32-19)34(12-8-11-28-21(35)36-23(4,5)6)20(31-17)30-16-10-7-9-15(13-16)24(25,26)27/h7,9-10,13-14H,8,11-12H2,1-6H3,(H,28,35)(H,30,31)(H,29,32,33). The first-order valence-electron chi connectivity index (χ1n) is 11.5. The summed E-state index contributed by atoms with van der Waals surface area (Å²) in [5.41, 5.74) is -0.454. The molecule has 3 N–H and O–H groups in total. The zero-order valence-corrected chi connectivity index (χ0v) is 21.2. The molecule has 2 heterocycles. The third-order valence-electron chi connectivity index (χ3n) is 4.65. The van der Waals surface area contributed by atoms with Crippen molar-refractivity contribution in [2.24, 2.45) is 0 Å². The Balaban J connectivity index is 1.87. The summed E-state index contributed by atoms with van der Waals surface area (Å²) in [5.74, 6) is 0.706. The van der Waals surface area contributed by atoms with Crippen LogP contribution in [-0.2, 0) is 17.5 Å². The molecule has 12 heteroatoms. The van der Waals surface area contributed by atoms with Gasteiger partial charge in [0.25, 0.3) is 0 Å². The molecule has 1 amide bonds. The summed E-state index contributed by atoms with van der Waals surface area (Å²) in [4.78, 5) is 25.3. The van der Waals surface area contributed by atoms with E-state index in [0.717, 1.165) is 12.1 Å². The van der Waals surface area contributed by atoms with E-state index in [4.69, 9.17) is 4.74 Å². The van der Waals surface area contributed by atoms with E-state index in [1.165, 1.54) is 12.1 Å². The zero-order valence-electron chi connectivity index (χ0n) is 21.2. The molecule has 0 radical (unpaired) electrons. The summed E-state index contributed by atoms with van der Waals surface area (Å²) in [6.07, 6.45) is -2.94. The van der Waals surface area contributed by atoms with Gasteiger partial charge < -0.3 is 20.7 Å². The molecule has 9 nitrogen and oxygen atoms in total. The fourth-order valence-corrected chi connectivity index (χ4v) is 3.27. The first-order valence-corrected chi connectivity index (χ1v) is 11.5. The van der Waals surface area contributed by atoms with Crippen LogP contribution in [0.5, 0.6) is 0 Å². The van der Waals surface area contributed by atoms with Crippen molar-refractivity contribution in [3.63, 3.8) is 0 Å². The minimum absolute atomic E-state index is 0.231. The largest absolute Gasteiger partial charge is 0.444 e. The number of carbonyl (C=O) groups is 1. The van der Waals surface area contributed by atoms with Crippen LogP contribution in [0.25, 0.3) is 11.2 Å². The van der Waals surface area contributed by atoms with E-state index in [9.17, 15) is 18.0 Å². The predicted octanol–water partition coefficient (Wildman–Crippen LogP) is 5.71. The molecule has 0 spiro atoms. The SMILES string of the molecule is CC(C)(C)Nc1ncc2nc(Nc3cccc(C(F)(F)F)c3)n(CCCNC(=O)OC(C)(C)C)c2n1. The number of aryl methyl sites for hydroxylation is 1. The molecule has 0 aliphatic carbocycles. The van der Waals surface area contributed by atoms with Crippen molar-refractivity contribution in [2.75, 3.05) is 17.2 Å². The first kappa shape index (κ1) is 27.0. The van der Waals surface area contributed by atoms with Gasteiger partial charge in [0.05, 0.1) is 11.8 Å². The second-order valence-electron chi connectivity index (χ2n) is 10.4. The van der Waals surface area contributed by atoms with Crippen molar-refractivity contribution < 1.29 is 22.7 Å². The Kier molecular flexibility index (Phi) is 7.65. The van der Waals surface area contributed by atoms with Gasteiger partial charge in [-0.3, -0.25) is 4.57 Å². The molecule has 2 aromatic heterocycles. The van der Waals surface area contributed by atoms with Crippen LogP contribution < -0.4 is 16.0 Å². The van der Waals surface area contributed by atoms with E-state index in [1.54, 1.807) is 31.5 Å². The number of ether oxygens (including phenoxy) is 1. The molecule has 0 bridgehead atoms. The maximum Gasteiger partial charge on any atom is 0.416 e. The minimum Gasteiger partial charge on any atom is -0.444 e. The summed E-state index contributed by atoms with van der Waals surface area (Å²) < 4.78 is 46.6. The average molecular weight is 508 g/mol. The van der Waals surface area contributed by atoms with Gasteiger partial charge in [-0.2, -0.15) is 18.2 Å². The van der Waals surface area contributed by atoms with Gasteiger partial charge in [-0.1, -0.05) is 6.07 Å². The van der Waals surface area contributed by atoms with Crippen molar-refractivity contribution in [3.05, 3.63) is 36.0 Å². The Hall–Kier alpha value is -3.57. The lowest BCUT2D eigenvalue weighted by Gasteiger charge is -2.20. The van der Waals surface area contributed by atoms with Gasteiger partial charge in [0.15, 0.2) is 5.65 Å². The number of nitrogens with zero attached hydrogens (tertiary/aromatic N) is 4. The monoisotopic (exact) mass is 507 g/mol. The highest BCUT2D eigenvalue weighted by atomic mass is 19.4. The molecule has 0 aliphatic heterocycles. The molecule has 3 rings (SSSR count). The van der Waals surface area contributed by atoms with E-state index in [2.05, 4.69) is 30.9 Å². The van der Waals surface area contributed by atoms with Crippen LogP contribution in [0.15, 0.2) is 30.5 Å². The maximum atomic E-state index is 13.2. The number of nitrogens with one attached hydrogen (secondary N) is 3. The first-order chi connectivity index (χ1) is 16.6. The molecule has 0 fully saturated rings. The van der Waals surface area contributed by atoms with Crippen molar-refractivity contribution >= 4 is 34.8 Å². The number of alkyl carbamates (subject to hydrolysis) is 1. The summed E-state index contributed by atoms with van der Waals surface area (Å²) >= 11 is 0. The van der Waals surface area contributed by atoms with Crippen LogP contribution in [0, 0.1) is 0 Å². The molecular weight excluding hydrogens is 475 g/mol. The highest BCUT2D eigenvalue weighted by Gasteiger charge is 2.30. The van der Waals surface area contributed by atoms with Gasteiger partial charge in [-0.05, 0) is 66.2 Å². The Morgan fingerprint density at radius 3 is 2.44 bits per heavy atom. The van der Waals surface area contributed by atoms with Gasteiger partial charge in [-0.15, -0.1) is 0 Å². The molecule has 0 saturated heterocycles. The number of aromatic nitrogens is 4. The number of amides is 1. The Morgan fingerprint density at radius 2 is 1.81 bits per heavy atom. The molecular formula is C24H32F3N7O2. The van der Waals surface area contributed by atoms with Crippen molar-refractivity contribution in [1.29, 1.82) is 0 Å². The fraction of sp³-hybridized carbons (Fsp3) is 0.500. The third kappa shape index (κ3) is 7.72. The highest BCUT2D eigenvalue weighted by Crippen LogP contribution is 2.32. The Labute approximate surface area is 207 Å². The lowest BCUT2D eigenvalue weighted by atomic mass is 10.1. The van der Waals surface area contributed by atoms with Crippen molar-refractivity contribution in [1.82, 2.24) is 24.8 Å². The number of fused-ring (bicyclic) bond motifs is 1. The van der Waals surface area contributed by atoms with E-state index >= 15 is 0 Å². The number of carbonyl (C=O) groups excluding carboxylic acids is 1. The summed E-state index contributed by atoms with van der Waals surface area (Å²) in [6, 6.07) is 4.88. The van der Waals surface area contributed by atoms with Crippen LogP contribution in [0.3, 0.4) is 0 Å². The number of anilines is 3. The Morgan fingerprint density at radius 1 is 1.08 bits per heavy atom. The van der Waals surface area contributed by atoms with Gasteiger partial charge in [0, 0.05) is 24.3 Å². The minimum atomic E-state index is -4.47. The van der Waals surface area contributed by atoms with Gasteiger partial charge in [-0.25, -0.2) is 14.8 Å². The van der Waals surface area contributed by atoms with Gasteiger partial charge in [0.1, 0.15) is 11.1 Å². The average Bonchev–Trinajstić information content (AvgIpc) is 3.04. The number of hydrogen-bond acceptors (Lipinski definition) is 7. The molecule has 0 aliphatic rings. The van der Waals surface area contributed by atoms with Crippen LogP contribution in [-0.4, -0.2) is 43.3 Å². The quantitative estimate of drug-likeness (QED) is 0.352. The number of benzene rings is 1. The smallest absolute Gasteiger partial charge is 0.416 e. The van der Waals surface area contributed by atoms with Crippen LogP contribution in [0.1, 0.15) is 53.5 Å². The van der Waals surface area contributed by atoms with E-state index in [-0.39, 0.29) is 11.2 Å². The van der Waals surface area contributed by atoms with E-state index < -0.39 is 23.4 Å². The normalized spacial score (nSPS) is 12.5. The van der Waals surface area contributed by atoms with E-state index in [1.807, 2.05) is 20.8 Å².